The third-order valence-electron chi connectivity index (χ3n) is 4.18. The van der Waals surface area contributed by atoms with Crippen LogP contribution in [-0.4, -0.2) is 16.1 Å². The van der Waals surface area contributed by atoms with Crippen LogP contribution in [0, 0.1) is 0 Å². The van der Waals surface area contributed by atoms with E-state index in [4.69, 9.17) is 0 Å². The highest BCUT2D eigenvalue weighted by Crippen LogP contribution is 2.37. The molecule has 0 amide bonds. The summed E-state index contributed by atoms with van der Waals surface area (Å²) in [6.45, 7) is 0.0141. The van der Waals surface area contributed by atoms with Crippen molar-refractivity contribution in [3.05, 3.63) is 64.8 Å². The van der Waals surface area contributed by atoms with Gasteiger partial charge in [-0.25, -0.2) is 0 Å². The average molecular weight is 386 g/mol. The Balaban J connectivity index is 1.93. The lowest BCUT2D eigenvalue weighted by molar-refractivity contribution is -0.143. The first kappa shape index (κ1) is 18.9. The summed E-state index contributed by atoms with van der Waals surface area (Å²) in [5.74, 6) is 0. The number of fused-ring (bicyclic) bond motifs is 1. The number of benzene rings is 2. The molecular weight excluding hydrogens is 374 g/mol. The maximum atomic E-state index is 13.2. The molecule has 0 fully saturated rings. The number of halogens is 6. The lowest BCUT2D eigenvalue weighted by atomic mass is 10.0. The number of aldehydes is 1. The summed E-state index contributed by atoms with van der Waals surface area (Å²) in [4.78, 5) is 11.0. The summed E-state index contributed by atoms with van der Waals surface area (Å²) >= 11 is 0. The van der Waals surface area contributed by atoms with E-state index >= 15 is 0 Å². The van der Waals surface area contributed by atoms with Gasteiger partial charge in [0.15, 0.2) is 6.29 Å². The molecule has 0 aliphatic carbocycles. The quantitative estimate of drug-likeness (QED) is 0.460. The van der Waals surface area contributed by atoms with Crippen molar-refractivity contribution in [3.8, 4) is 0 Å². The zero-order chi connectivity index (χ0) is 19.8. The number of carbonyl (C=O) groups is 1. The van der Waals surface area contributed by atoms with Gasteiger partial charge in [0, 0.05) is 17.5 Å². The molecule has 1 heterocycles. The van der Waals surface area contributed by atoms with Gasteiger partial charge in [0.05, 0.1) is 22.8 Å². The van der Waals surface area contributed by atoms with Crippen molar-refractivity contribution in [2.45, 2.75) is 25.3 Å². The number of hydrogen-bond donors (Lipinski definition) is 0. The van der Waals surface area contributed by atoms with Gasteiger partial charge in [-0.1, -0.05) is 18.2 Å². The molecule has 0 aliphatic heterocycles. The van der Waals surface area contributed by atoms with Gasteiger partial charge in [-0.3, -0.25) is 9.48 Å². The molecule has 3 nitrogen and oxygen atoms in total. The van der Waals surface area contributed by atoms with Crippen LogP contribution in [0.2, 0.25) is 0 Å². The number of hydrogen-bond acceptors (Lipinski definition) is 2. The van der Waals surface area contributed by atoms with Crippen molar-refractivity contribution < 1.29 is 31.1 Å². The predicted octanol–water partition coefficient (Wildman–Crippen LogP) is 5.13. The average Bonchev–Trinajstić information content (AvgIpc) is 3.01. The molecule has 142 valence electrons. The molecule has 0 unspecified atom stereocenters. The van der Waals surface area contributed by atoms with Gasteiger partial charge in [-0.2, -0.15) is 31.4 Å². The van der Waals surface area contributed by atoms with Gasteiger partial charge >= 0.3 is 12.4 Å². The van der Waals surface area contributed by atoms with Crippen LogP contribution in [0.25, 0.3) is 10.9 Å². The number of rotatable bonds is 4. The molecule has 2 aromatic carbocycles. The molecule has 0 saturated heterocycles. The summed E-state index contributed by atoms with van der Waals surface area (Å²) in [6, 6.07) is 6.46. The van der Waals surface area contributed by atoms with Crippen molar-refractivity contribution >= 4 is 17.2 Å². The van der Waals surface area contributed by atoms with Gasteiger partial charge in [0.2, 0.25) is 0 Å². The molecule has 0 bridgehead atoms. The van der Waals surface area contributed by atoms with Crippen LogP contribution in [0.5, 0.6) is 0 Å². The smallest absolute Gasteiger partial charge is 0.298 e. The number of aryl methyl sites for hydroxylation is 2. The van der Waals surface area contributed by atoms with Gasteiger partial charge in [-0.05, 0) is 30.2 Å². The first-order valence-corrected chi connectivity index (χ1v) is 7.78. The Bertz CT molecular complexity index is 988. The van der Waals surface area contributed by atoms with Crippen LogP contribution in [0.1, 0.15) is 27.0 Å². The number of carbonyl (C=O) groups excluding carboxylic acids is 1. The Labute approximate surface area is 149 Å². The Morgan fingerprint density at radius 1 is 1.00 bits per heavy atom. The molecule has 0 spiro atoms. The van der Waals surface area contributed by atoms with E-state index in [1.807, 2.05) is 0 Å². The fourth-order valence-corrected chi connectivity index (χ4v) is 2.87. The number of aromatic nitrogens is 2. The van der Waals surface area contributed by atoms with Crippen LogP contribution in [-0.2, 0) is 25.3 Å². The molecular formula is C18H12F6N2O. The fraction of sp³-hybridized carbons (Fsp3) is 0.222. The van der Waals surface area contributed by atoms with E-state index in [1.54, 1.807) is 18.2 Å². The maximum Gasteiger partial charge on any atom is 0.416 e. The summed E-state index contributed by atoms with van der Waals surface area (Å²) in [7, 11) is 0. The fourth-order valence-electron chi connectivity index (χ4n) is 2.87. The first-order valence-electron chi connectivity index (χ1n) is 7.78. The minimum Gasteiger partial charge on any atom is -0.298 e. The standard InChI is InChI=1S/C18H12F6N2O/c19-17(20,21)13-5-4-11(15(8-13)18(22,23)24)6-7-26-16-3-1-2-12(10-27)14(16)9-25-26/h1-5,8-10H,6-7H2. The molecule has 3 aromatic rings. The first-order chi connectivity index (χ1) is 12.6. The van der Waals surface area contributed by atoms with E-state index in [0.717, 1.165) is 6.07 Å². The van der Waals surface area contributed by atoms with Crippen molar-refractivity contribution in [1.29, 1.82) is 0 Å². The number of alkyl halides is 6. The van der Waals surface area contributed by atoms with E-state index < -0.39 is 23.5 Å². The van der Waals surface area contributed by atoms with E-state index in [9.17, 15) is 31.1 Å². The highest BCUT2D eigenvalue weighted by molar-refractivity contribution is 5.96. The van der Waals surface area contributed by atoms with Crippen LogP contribution in [0.4, 0.5) is 26.3 Å². The molecule has 0 radical (unpaired) electrons. The zero-order valence-corrected chi connectivity index (χ0v) is 13.6. The number of nitrogens with zero attached hydrogens (tertiary/aromatic N) is 2. The monoisotopic (exact) mass is 386 g/mol. The van der Waals surface area contributed by atoms with Crippen molar-refractivity contribution in [2.75, 3.05) is 0 Å². The van der Waals surface area contributed by atoms with Crippen molar-refractivity contribution in [1.82, 2.24) is 9.78 Å². The second-order valence-electron chi connectivity index (χ2n) is 5.88. The van der Waals surface area contributed by atoms with Gasteiger partial charge in [-0.15, -0.1) is 0 Å². The van der Waals surface area contributed by atoms with E-state index in [2.05, 4.69) is 5.10 Å². The highest BCUT2D eigenvalue weighted by Gasteiger charge is 2.37. The molecule has 9 heteroatoms. The molecule has 0 aliphatic rings. The minimum absolute atomic E-state index is 0.0141. The predicted molar refractivity (Wildman–Crippen MR) is 85.3 cm³/mol. The zero-order valence-electron chi connectivity index (χ0n) is 13.6. The second kappa shape index (κ2) is 6.71. The van der Waals surface area contributed by atoms with Crippen LogP contribution >= 0.6 is 0 Å². The Hall–Kier alpha value is -2.84. The van der Waals surface area contributed by atoms with Crippen LogP contribution in [0.3, 0.4) is 0 Å². The lowest BCUT2D eigenvalue weighted by Gasteiger charge is -2.16. The summed E-state index contributed by atoms with van der Waals surface area (Å²) in [5.41, 5.74) is -1.98. The van der Waals surface area contributed by atoms with Crippen LogP contribution < -0.4 is 0 Å². The molecule has 1 aromatic heterocycles. The van der Waals surface area contributed by atoms with E-state index in [0.29, 0.717) is 28.8 Å². The third-order valence-corrected chi connectivity index (χ3v) is 4.18. The Morgan fingerprint density at radius 3 is 2.37 bits per heavy atom. The van der Waals surface area contributed by atoms with Crippen molar-refractivity contribution in [3.63, 3.8) is 0 Å². The SMILES string of the molecule is O=Cc1cccc2c1cnn2CCc1ccc(C(F)(F)F)cc1C(F)(F)F. The largest absolute Gasteiger partial charge is 0.416 e. The summed E-state index contributed by atoms with van der Waals surface area (Å²) < 4.78 is 79.2. The van der Waals surface area contributed by atoms with E-state index in [1.165, 1.54) is 10.9 Å². The van der Waals surface area contributed by atoms with Gasteiger partial charge in [0.25, 0.3) is 0 Å². The maximum absolute atomic E-state index is 13.2. The topological polar surface area (TPSA) is 34.9 Å². The van der Waals surface area contributed by atoms with Gasteiger partial charge < -0.3 is 0 Å². The molecule has 0 N–H and O–H groups in total. The molecule has 3 rings (SSSR count). The second-order valence-corrected chi connectivity index (χ2v) is 5.88. The summed E-state index contributed by atoms with van der Waals surface area (Å²) in [6.07, 6.45) is -7.87. The minimum atomic E-state index is -4.91. The Morgan fingerprint density at radius 2 is 1.74 bits per heavy atom. The molecule has 0 saturated carbocycles. The lowest BCUT2D eigenvalue weighted by Crippen LogP contribution is -2.15. The molecule has 27 heavy (non-hydrogen) atoms. The third kappa shape index (κ3) is 3.81. The van der Waals surface area contributed by atoms with Crippen LogP contribution in [0.15, 0.2) is 42.6 Å². The Kier molecular flexibility index (Phi) is 4.71. The highest BCUT2D eigenvalue weighted by atomic mass is 19.4. The normalized spacial score (nSPS) is 12.5. The summed E-state index contributed by atoms with van der Waals surface area (Å²) in [5, 5.41) is 4.62. The van der Waals surface area contributed by atoms with Gasteiger partial charge in [0.1, 0.15) is 0 Å². The molecule has 0 atom stereocenters. The van der Waals surface area contributed by atoms with Crippen molar-refractivity contribution in [2.24, 2.45) is 0 Å². The van der Waals surface area contributed by atoms with E-state index in [-0.39, 0.29) is 24.6 Å².